The van der Waals surface area contributed by atoms with Gasteiger partial charge < -0.3 is 9.67 Å². The number of aromatic carboxylic acids is 1. The molecule has 2 heterocycles. The third-order valence-electron chi connectivity index (χ3n) is 3.16. The third-order valence-corrected chi connectivity index (χ3v) is 3.16. The molecule has 4 heteroatoms. The van der Waals surface area contributed by atoms with E-state index in [0.29, 0.717) is 5.56 Å². The second-order valence-corrected chi connectivity index (χ2v) is 4.41. The zero-order chi connectivity index (χ0) is 13.4. The van der Waals surface area contributed by atoms with Gasteiger partial charge in [-0.25, -0.2) is 4.79 Å². The van der Waals surface area contributed by atoms with E-state index in [1.807, 2.05) is 41.1 Å². The Morgan fingerprint density at radius 1 is 1.21 bits per heavy atom. The largest absolute Gasteiger partial charge is 0.478 e. The summed E-state index contributed by atoms with van der Waals surface area (Å²) in [5, 5.41) is 10.1. The van der Waals surface area contributed by atoms with Crippen molar-refractivity contribution in [1.29, 1.82) is 0 Å². The van der Waals surface area contributed by atoms with Crippen molar-refractivity contribution in [3.8, 4) is 5.69 Å². The van der Waals surface area contributed by atoms with Crippen LogP contribution in [0.15, 0.2) is 48.9 Å². The molecule has 0 aliphatic rings. The molecule has 1 N–H and O–H groups in total. The summed E-state index contributed by atoms with van der Waals surface area (Å²) in [5.74, 6) is -0.908. The molecular formula is C15H12N2O2. The average molecular weight is 252 g/mol. The molecule has 0 radical (unpaired) electrons. The number of carboxylic acids is 1. The molecule has 1 aromatic carbocycles. The first-order valence-electron chi connectivity index (χ1n) is 5.93. The number of carbonyl (C=O) groups is 1. The number of aromatic nitrogens is 2. The lowest BCUT2D eigenvalue weighted by molar-refractivity contribution is 0.0696. The lowest BCUT2D eigenvalue weighted by atomic mass is 10.2. The summed E-state index contributed by atoms with van der Waals surface area (Å²) in [5.41, 5.74) is 2.89. The van der Waals surface area contributed by atoms with Crippen LogP contribution in [0.1, 0.15) is 15.9 Å². The van der Waals surface area contributed by atoms with Crippen molar-refractivity contribution in [2.24, 2.45) is 0 Å². The molecule has 0 bridgehead atoms. The molecule has 0 saturated carbocycles. The number of nitrogens with zero attached hydrogens (tertiary/aromatic N) is 2. The lowest BCUT2D eigenvalue weighted by Crippen LogP contribution is -1.96. The summed E-state index contributed by atoms with van der Waals surface area (Å²) in [4.78, 5) is 15.4. The van der Waals surface area contributed by atoms with Gasteiger partial charge in [0.25, 0.3) is 0 Å². The maximum atomic E-state index is 11.1. The van der Waals surface area contributed by atoms with Crippen molar-refractivity contribution in [2.75, 3.05) is 0 Å². The number of aryl methyl sites for hydroxylation is 1. The van der Waals surface area contributed by atoms with Crippen LogP contribution in [0.4, 0.5) is 0 Å². The minimum absolute atomic E-state index is 0.320. The van der Waals surface area contributed by atoms with E-state index in [9.17, 15) is 4.79 Å². The molecule has 0 amide bonds. The van der Waals surface area contributed by atoms with Crippen molar-refractivity contribution in [3.05, 3.63) is 60.0 Å². The molecule has 2 aromatic heterocycles. The first-order valence-corrected chi connectivity index (χ1v) is 5.93. The van der Waals surface area contributed by atoms with Crippen molar-refractivity contribution < 1.29 is 9.90 Å². The van der Waals surface area contributed by atoms with Crippen molar-refractivity contribution in [1.82, 2.24) is 9.55 Å². The molecule has 0 spiro atoms. The number of hydrogen-bond acceptors (Lipinski definition) is 2. The quantitative estimate of drug-likeness (QED) is 0.762. The van der Waals surface area contributed by atoms with E-state index in [-0.39, 0.29) is 0 Å². The highest BCUT2D eigenvalue weighted by Crippen LogP contribution is 2.22. The predicted octanol–water partition coefficient (Wildman–Crippen LogP) is 3.03. The molecule has 0 atom stereocenters. The average Bonchev–Trinajstić information content (AvgIpc) is 2.80. The van der Waals surface area contributed by atoms with Gasteiger partial charge in [-0.15, -0.1) is 0 Å². The number of carboxylic acid groups (broad SMARTS) is 1. The maximum absolute atomic E-state index is 11.1. The van der Waals surface area contributed by atoms with E-state index in [4.69, 9.17) is 5.11 Å². The Hall–Kier alpha value is -2.62. The first-order chi connectivity index (χ1) is 9.16. The monoisotopic (exact) mass is 252 g/mol. The number of pyridine rings is 1. The van der Waals surface area contributed by atoms with Crippen LogP contribution < -0.4 is 0 Å². The van der Waals surface area contributed by atoms with Crippen LogP contribution in [0, 0.1) is 6.92 Å². The van der Waals surface area contributed by atoms with E-state index in [1.165, 1.54) is 0 Å². The van der Waals surface area contributed by atoms with Crippen LogP contribution in [0.3, 0.4) is 0 Å². The van der Waals surface area contributed by atoms with Crippen LogP contribution in [0.5, 0.6) is 0 Å². The summed E-state index contributed by atoms with van der Waals surface area (Å²) >= 11 is 0. The van der Waals surface area contributed by atoms with Crippen molar-refractivity contribution >= 4 is 16.9 Å². The van der Waals surface area contributed by atoms with Crippen LogP contribution in [0.25, 0.3) is 16.6 Å². The molecular weight excluding hydrogens is 240 g/mol. The van der Waals surface area contributed by atoms with E-state index in [1.54, 1.807) is 19.3 Å². The number of fused-ring (bicyclic) bond motifs is 1. The van der Waals surface area contributed by atoms with E-state index in [2.05, 4.69) is 4.98 Å². The molecule has 94 valence electrons. The predicted molar refractivity (Wildman–Crippen MR) is 72.8 cm³/mol. The van der Waals surface area contributed by atoms with Crippen LogP contribution in [0.2, 0.25) is 0 Å². The van der Waals surface area contributed by atoms with Gasteiger partial charge in [0.1, 0.15) is 0 Å². The van der Waals surface area contributed by atoms with Gasteiger partial charge in [0.2, 0.25) is 0 Å². The van der Waals surface area contributed by atoms with Gasteiger partial charge in [-0.3, -0.25) is 4.98 Å². The Bertz CT molecular complexity index is 769. The Kier molecular flexibility index (Phi) is 2.56. The maximum Gasteiger partial charge on any atom is 0.337 e. The smallest absolute Gasteiger partial charge is 0.337 e. The zero-order valence-corrected chi connectivity index (χ0v) is 10.4. The molecule has 3 aromatic rings. The summed E-state index contributed by atoms with van der Waals surface area (Å²) in [6.45, 7) is 1.79. The fraction of sp³-hybridized carbons (Fsp3) is 0.0667. The van der Waals surface area contributed by atoms with Gasteiger partial charge in [0.05, 0.1) is 16.8 Å². The number of rotatable bonds is 2. The number of hydrogen-bond donors (Lipinski definition) is 1. The highest BCUT2D eigenvalue weighted by atomic mass is 16.4. The molecule has 3 rings (SSSR count). The first kappa shape index (κ1) is 11.5. The molecule has 0 aliphatic carbocycles. The molecule has 0 unspecified atom stereocenters. The third kappa shape index (κ3) is 1.87. The fourth-order valence-electron chi connectivity index (χ4n) is 2.23. The van der Waals surface area contributed by atoms with Crippen LogP contribution >= 0.6 is 0 Å². The minimum Gasteiger partial charge on any atom is -0.478 e. The molecule has 4 nitrogen and oxygen atoms in total. The van der Waals surface area contributed by atoms with Crippen molar-refractivity contribution in [3.63, 3.8) is 0 Å². The number of benzene rings is 1. The van der Waals surface area contributed by atoms with Gasteiger partial charge in [0.15, 0.2) is 0 Å². The second kappa shape index (κ2) is 4.24. The summed E-state index contributed by atoms with van der Waals surface area (Å²) in [6, 6.07) is 9.68. The topological polar surface area (TPSA) is 55.1 Å². The molecule has 19 heavy (non-hydrogen) atoms. The Balaban J connectivity index is 2.25. The lowest BCUT2D eigenvalue weighted by Gasteiger charge is -2.06. The standard InChI is InChI=1S/C15H12N2O2/c1-10-8-17(9-12(10)15(18)19)14-6-7-16-13-5-3-2-4-11(13)14/h2-9H,1H3,(H,18,19). The SMILES string of the molecule is Cc1cn(-c2ccnc3ccccc23)cc1C(=O)O. The van der Waals surface area contributed by atoms with Gasteiger partial charge in [-0.2, -0.15) is 0 Å². The summed E-state index contributed by atoms with van der Waals surface area (Å²) in [6.07, 6.45) is 5.19. The summed E-state index contributed by atoms with van der Waals surface area (Å²) in [7, 11) is 0. The highest BCUT2D eigenvalue weighted by molar-refractivity contribution is 5.90. The van der Waals surface area contributed by atoms with Gasteiger partial charge in [0, 0.05) is 24.0 Å². The summed E-state index contributed by atoms with van der Waals surface area (Å²) < 4.78 is 1.84. The molecule has 0 aliphatic heterocycles. The Labute approximate surface area is 109 Å². The van der Waals surface area contributed by atoms with Crippen LogP contribution in [-0.2, 0) is 0 Å². The highest BCUT2D eigenvalue weighted by Gasteiger charge is 2.12. The van der Waals surface area contributed by atoms with Gasteiger partial charge >= 0.3 is 5.97 Å². The Morgan fingerprint density at radius 2 is 2.00 bits per heavy atom. The van der Waals surface area contributed by atoms with E-state index >= 15 is 0 Å². The number of para-hydroxylation sites is 1. The van der Waals surface area contributed by atoms with Gasteiger partial charge in [-0.05, 0) is 24.6 Å². The fourth-order valence-corrected chi connectivity index (χ4v) is 2.23. The molecule has 0 saturated heterocycles. The second-order valence-electron chi connectivity index (χ2n) is 4.41. The van der Waals surface area contributed by atoms with Crippen molar-refractivity contribution in [2.45, 2.75) is 6.92 Å². The Morgan fingerprint density at radius 3 is 2.74 bits per heavy atom. The normalized spacial score (nSPS) is 10.8. The van der Waals surface area contributed by atoms with E-state index in [0.717, 1.165) is 22.2 Å². The zero-order valence-electron chi connectivity index (χ0n) is 10.4. The molecule has 0 fully saturated rings. The van der Waals surface area contributed by atoms with E-state index < -0.39 is 5.97 Å². The minimum atomic E-state index is -0.908. The van der Waals surface area contributed by atoms with Crippen LogP contribution in [-0.4, -0.2) is 20.6 Å². The van der Waals surface area contributed by atoms with Gasteiger partial charge in [-0.1, -0.05) is 18.2 Å².